The molecule has 3 aromatic rings. The Bertz CT molecular complexity index is 1270. The maximum atomic E-state index is 13.6. The molecule has 1 amide bonds. The highest BCUT2D eigenvalue weighted by Gasteiger charge is 2.39. The van der Waals surface area contributed by atoms with Crippen LogP contribution in [-0.4, -0.2) is 36.8 Å². The zero-order chi connectivity index (χ0) is 21.9. The van der Waals surface area contributed by atoms with Crippen molar-refractivity contribution in [2.24, 2.45) is 5.92 Å². The van der Waals surface area contributed by atoms with E-state index < -0.39 is 15.9 Å². The summed E-state index contributed by atoms with van der Waals surface area (Å²) in [5.74, 6) is 2.56. The van der Waals surface area contributed by atoms with E-state index in [0.29, 0.717) is 40.2 Å². The zero-order valence-electron chi connectivity index (χ0n) is 17.4. The van der Waals surface area contributed by atoms with Crippen LogP contribution in [0.1, 0.15) is 53.3 Å². The number of hydrogen-bond acceptors (Lipinski definition) is 5. The van der Waals surface area contributed by atoms with Crippen LogP contribution in [0, 0.1) is 12.8 Å². The molecule has 164 valence electrons. The van der Waals surface area contributed by atoms with Gasteiger partial charge in [-0.1, -0.05) is 18.5 Å². The van der Waals surface area contributed by atoms with Gasteiger partial charge in [0.2, 0.25) is 0 Å². The zero-order valence-corrected chi connectivity index (χ0v) is 19.0. The third-order valence-electron chi connectivity index (χ3n) is 6.49. The highest BCUT2D eigenvalue weighted by molar-refractivity contribution is 7.91. The van der Waals surface area contributed by atoms with Crippen molar-refractivity contribution in [1.29, 1.82) is 0 Å². The van der Waals surface area contributed by atoms with E-state index in [2.05, 4.69) is 6.92 Å². The van der Waals surface area contributed by atoms with Crippen LogP contribution in [0.5, 0.6) is 0 Å². The molecule has 1 aliphatic heterocycles. The number of amides is 1. The number of hydrogen-bond donors (Lipinski definition) is 0. The normalized spacial score (nSPS) is 24.5. The van der Waals surface area contributed by atoms with Gasteiger partial charge in [-0.2, -0.15) is 0 Å². The third kappa shape index (κ3) is 3.89. The van der Waals surface area contributed by atoms with Crippen LogP contribution < -0.4 is 0 Å². The summed E-state index contributed by atoms with van der Waals surface area (Å²) in [5.41, 5.74) is 1.27. The Kier molecular flexibility index (Phi) is 4.94. The van der Waals surface area contributed by atoms with Gasteiger partial charge in [-0.25, -0.2) is 8.42 Å². The van der Waals surface area contributed by atoms with E-state index in [4.69, 9.17) is 20.4 Å². The molecule has 2 fully saturated rings. The summed E-state index contributed by atoms with van der Waals surface area (Å²) >= 11 is 6.11. The number of furan rings is 2. The number of rotatable bonds is 5. The van der Waals surface area contributed by atoms with Gasteiger partial charge in [-0.15, -0.1) is 0 Å². The molecule has 0 spiro atoms. The van der Waals surface area contributed by atoms with Crippen molar-refractivity contribution in [3.05, 3.63) is 58.2 Å². The van der Waals surface area contributed by atoms with Gasteiger partial charge in [0.15, 0.2) is 15.6 Å². The monoisotopic (exact) mass is 461 g/mol. The number of aryl methyl sites for hydroxylation is 1. The molecule has 1 saturated heterocycles. The van der Waals surface area contributed by atoms with Crippen LogP contribution >= 0.6 is 11.6 Å². The van der Waals surface area contributed by atoms with E-state index in [1.807, 2.05) is 19.1 Å². The van der Waals surface area contributed by atoms with Gasteiger partial charge >= 0.3 is 0 Å². The summed E-state index contributed by atoms with van der Waals surface area (Å²) in [7, 11) is -3.17. The highest BCUT2D eigenvalue weighted by Crippen LogP contribution is 2.47. The SMILES string of the molecule is Cc1c(C(=O)N(Cc2ccc(C3CC3C)o2)C2CCS(=O)(=O)C2)oc2ccc(Cl)cc12. The number of benzene rings is 1. The largest absolute Gasteiger partial charge is 0.464 e. The minimum absolute atomic E-state index is 0.0446. The molecule has 5 rings (SSSR count). The summed E-state index contributed by atoms with van der Waals surface area (Å²) in [5, 5.41) is 1.34. The second-order valence-electron chi connectivity index (χ2n) is 8.81. The van der Waals surface area contributed by atoms with Gasteiger partial charge in [0.05, 0.1) is 18.1 Å². The molecule has 1 aliphatic carbocycles. The number of halogens is 1. The predicted molar refractivity (Wildman–Crippen MR) is 118 cm³/mol. The molecule has 0 radical (unpaired) electrons. The van der Waals surface area contributed by atoms with Gasteiger partial charge in [-0.05, 0) is 56.0 Å². The molecule has 0 N–H and O–H groups in total. The average molecular weight is 462 g/mol. The Morgan fingerprint density at radius 2 is 2.00 bits per heavy atom. The second kappa shape index (κ2) is 7.41. The van der Waals surface area contributed by atoms with Gasteiger partial charge < -0.3 is 13.7 Å². The van der Waals surface area contributed by atoms with Crippen LogP contribution in [0.3, 0.4) is 0 Å². The molecule has 1 saturated carbocycles. The van der Waals surface area contributed by atoms with Crippen LogP contribution in [0.15, 0.2) is 39.2 Å². The van der Waals surface area contributed by atoms with E-state index in [-0.39, 0.29) is 29.7 Å². The molecular weight excluding hydrogens is 438 g/mol. The summed E-state index contributed by atoms with van der Waals surface area (Å²) < 4.78 is 36.2. The molecule has 3 heterocycles. The molecule has 8 heteroatoms. The fourth-order valence-corrected chi connectivity index (χ4v) is 6.38. The van der Waals surface area contributed by atoms with Crippen molar-refractivity contribution < 1.29 is 22.0 Å². The lowest BCUT2D eigenvalue weighted by Crippen LogP contribution is -2.40. The van der Waals surface area contributed by atoms with E-state index in [9.17, 15) is 13.2 Å². The average Bonchev–Trinajstić information content (AvgIpc) is 3.06. The number of sulfone groups is 1. The molecule has 3 unspecified atom stereocenters. The second-order valence-corrected chi connectivity index (χ2v) is 11.5. The molecule has 6 nitrogen and oxygen atoms in total. The van der Waals surface area contributed by atoms with Gasteiger partial charge in [0.1, 0.15) is 17.1 Å². The number of carbonyl (C=O) groups excluding carboxylic acids is 1. The highest BCUT2D eigenvalue weighted by atomic mass is 35.5. The summed E-state index contributed by atoms with van der Waals surface area (Å²) in [6.07, 6.45) is 1.52. The van der Waals surface area contributed by atoms with E-state index in [0.717, 1.165) is 17.6 Å². The molecule has 31 heavy (non-hydrogen) atoms. The number of carbonyl (C=O) groups is 1. The Hall–Kier alpha value is -2.25. The maximum Gasteiger partial charge on any atom is 0.290 e. The Morgan fingerprint density at radius 3 is 2.68 bits per heavy atom. The van der Waals surface area contributed by atoms with E-state index in [1.54, 1.807) is 23.1 Å². The van der Waals surface area contributed by atoms with Crippen LogP contribution in [0.2, 0.25) is 5.02 Å². The van der Waals surface area contributed by atoms with Gasteiger partial charge in [0, 0.05) is 27.9 Å². The molecule has 0 bridgehead atoms. The first-order valence-corrected chi connectivity index (χ1v) is 12.7. The Labute approximate surface area is 186 Å². The van der Waals surface area contributed by atoms with E-state index in [1.165, 1.54) is 0 Å². The van der Waals surface area contributed by atoms with Crippen molar-refractivity contribution in [3.8, 4) is 0 Å². The fraction of sp³-hybridized carbons (Fsp3) is 0.435. The van der Waals surface area contributed by atoms with Crippen molar-refractivity contribution >= 4 is 38.3 Å². The molecular formula is C23H24ClNO5S. The molecule has 2 aliphatic rings. The van der Waals surface area contributed by atoms with Crippen LogP contribution in [-0.2, 0) is 16.4 Å². The Balaban J connectivity index is 1.48. The first-order chi connectivity index (χ1) is 14.7. The Morgan fingerprint density at radius 1 is 1.23 bits per heavy atom. The first kappa shape index (κ1) is 20.6. The van der Waals surface area contributed by atoms with Crippen molar-refractivity contribution in [3.63, 3.8) is 0 Å². The number of fused-ring (bicyclic) bond motifs is 1. The molecule has 2 aromatic heterocycles. The number of nitrogens with zero attached hydrogens (tertiary/aromatic N) is 1. The molecule has 3 atom stereocenters. The quantitative estimate of drug-likeness (QED) is 0.537. The third-order valence-corrected chi connectivity index (χ3v) is 8.47. The minimum Gasteiger partial charge on any atom is -0.464 e. The van der Waals surface area contributed by atoms with Crippen molar-refractivity contribution in [2.75, 3.05) is 11.5 Å². The lowest BCUT2D eigenvalue weighted by Gasteiger charge is -2.26. The van der Waals surface area contributed by atoms with Crippen molar-refractivity contribution in [2.45, 2.75) is 45.2 Å². The van der Waals surface area contributed by atoms with Gasteiger partial charge in [-0.3, -0.25) is 4.79 Å². The van der Waals surface area contributed by atoms with Crippen LogP contribution in [0.25, 0.3) is 11.0 Å². The fourth-order valence-electron chi connectivity index (χ4n) is 4.48. The van der Waals surface area contributed by atoms with E-state index >= 15 is 0 Å². The smallest absolute Gasteiger partial charge is 0.290 e. The topological polar surface area (TPSA) is 80.7 Å². The van der Waals surface area contributed by atoms with Crippen molar-refractivity contribution in [1.82, 2.24) is 4.90 Å². The van der Waals surface area contributed by atoms with Crippen LogP contribution in [0.4, 0.5) is 0 Å². The summed E-state index contributed by atoms with van der Waals surface area (Å²) in [6.45, 7) is 4.21. The standard InChI is InChI=1S/C23H24ClNO5S/c1-13-9-18(13)20-6-4-17(29-20)11-25(16-7-8-31(27,28)12-16)23(26)22-14(2)19-10-15(24)3-5-21(19)30-22/h3-6,10,13,16,18H,7-9,11-12H2,1-2H3. The minimum atomic E-state index is -3.17. The predicted octanol–water partition coefficient (Wildman–Crippen LogP) is 4.94. The first-order valence-electron chi connectivity index (χ1n) is 10.5. The summed E-state index contributed by atoms with van der Waals surface area (Å²) in [6, 6.07) is 8.66. The molecule has 1 aromatic carbocycles. The van der Waals surface area contributed by atoms with Gasteiger partial charge in [0.25, 0.3) is 5.91 Å². The summed E-state index contributed by atoms with van der Waals surface area (Å²) in [4.78, 5) is 15.2. The lowest BCUT2D eigenvalue weighted by molar-refractivity contribution is 0.0634. The maximum absolute atomic E-state index is 13.6. The lowest BCUT2D eigenvalue weighted by atomic mass is 10.1.